The van der Waals surface area contributed by atoms with Gasteiger partial charge in [-0.15, -0.1) is 0 Å². The largest absolute Gasteiger partial charge is 0.493 e. The summed E-state index contributed by atoms with van der Waals surface area (Å²) in [6, 6.07) is 16.3. The molecule has 3 aromatic rings. The molecule has 7 heteroatoms. The number of aryl methyl sites for hydroxylation is 1. The van der Waals surface area contributed by atoms with E-state index in [0.717, 1.165) is 55.0 Å². The first-order chi connectivity index (χ1) is 17.5. The summed E-state index contributed by atoms with van der Waals surface area (Å²) < 4.78 is 24.2. The molecule has 1 N–H and O–H groups in total. The highest BCUT2D eigenvalue weighted by atomic mass is 19.1. The van der Waals surface area contributed by atoms with E-state index in [9.17, 15) is 9.18 Å². The van der Waals surface area contributed by atoms with Gasteiger partial charge in [0.05, 0.1) is 25.5 Å². The number of nitrogens with zero attached hydrogens (tertiary/aromatic N) is 2. The van der Waals surface area contributed by atoms with Gasteiger partial charge in [-0.2, -0.15) is 0 Å². The SMILES string of the molecule is COc1ccc(CCNC(=O)c2ccc(C)nc2C2CCN(Cc3cccc(F)c3)CC2)cc1OC. The van der Waals surface area contributed by atoms with E-state index in [4.69, 9.17) is 14.5 Å². The van der Waals surface area contributed by atoms with Crippen molar-refractivity contribution in [3.63, 3.8) is 0 Å². The summed E-state index contributed by atoms with van der Waals surface area (Å²) in [5.41, 5.74) is 4.48. The Morgan fingerprint density at radius 3 is 2.53 bits per heavy atom. The average Bonchev–Trinajstić information content (AvgIpc) is 2.89. The Balaban J connectivity index is 1.36. The van der Waals surface area contributed by atoms with Crippen LogP contribution in [0.25, 0.3) is 0 Å². The standard InChI is InChI=1S/C29H34FN3O3/c1-20-7-9-25(29(34)31-14-11-21-8-10-26(35-2)27(18-21)36-3)28(32-20)23-12-15-33(16-13-23)19-22-5-4-6-24(30)17-22/h4-10,17-18,23H,11-16,19H2,1-3H3,(H,31,34). The van der Waals surface area contributed by atoms with Gasteiger partial charge < -0.3 is 14.8 Å². The van der Waals surface area contributed by atoms with Crippen molar-refractivity contribution in [2.24, 2.45) is 0 Å². The minimum atomic E-state index is -0.201. The molecule has 0 spiro atoms. The van der Waals surface area contributed by atoms with E-state index < -0.39 is 0 Å². The van der Waals surface area contributed by atoms with Gasteiger partial charge in [0.25, 0.3) is 5.91 Å². The highest BCUT2D eigenvalue weighted by Gasteiger charge is 2.26. The first-order valence-corrected chi connectivity index (χ1v) is 12.4. The Morgan fingerprint density at radius 2 is 1.81 bits per heavy atom. The van der Waals surface area contributed by atoms with Gasteiger partial charge in [-0.3, -0.25) is 14.7 Å². The Bertz CT molecular complexity index is 1190. The van der Waals surface area contributed by atoms with Crippen LogP contribution in [-0.2, 0) is 13.0 Å². The molecule has 36 heavy (non-hydrogen) atoms. The molecular weight excluding hydrogens is 457 g/mol. The number of benzene rings is 2. The molecule has 4 rings (SSSR count). The number of ether oxygens (including phenoxy) is 2. The summed E-state index contributed by atoms with van der Waals surface area (Å²) >= 11 is 0. The van der Waals surface area contributed by atoms with Crippen LogP contribution in [0.3, 0.4) is 0 Å². The Morgan fingerprint density at radius 1 is 1.03 bits per heavy atom. The maximum Gasteiger partial charge on any atom is 0.253 e. The van der Waals surface area contributed by atoms with E-state index >= 15 is 0 Å². The molecule has 0 bridgehead atoms. The molecule has 0 aliphatic carbocycles. The van der Waals surface area contributed by atoms with Crippen molar-refractivity contribution < 1.29 is 18.7 Å². The lowest BCUT2D eigenvalue weighted by molar-refractivity contribution is 0.0951. The number of rotatable bonds is 9. The van der Waals surface area contributed by atoms with Crippen LogP contribution in [0, 0.1) is 12.7 Å². The van der Waals surface area contributed by atoms with E-state index in [1.54, 1.807) is 26.4 Å². The summed E-state index contributed by atoms with van der Waals surface area (Å²) in [5.74, 6) is 1.28. The second-order valence-corrected chi connectivity index (χ2v) is 9.26. The smallest absolute Gasteiger partial charge is 0.253 e. The van der Waals surface area contributed by atoms with Gasteiger partial charge in [-0.25, -0.2) is 4.39 Å². The summed E-state index contributed by atoms with van der Waals surface area (Å²) in [6.07, 6.45) is 2.51. The molecule has 2 heterocycles. The molecule has 190 valence electrons. The first-order valence-electron chi connectivity index (χ1n) is 12.4. The minimum Gasteiger partial charge on any atom is -0.493 e. The van der Waals surface area contributed by atoms with Gasteiger partial charge in [0, 0.05) is 24.7 Å². The summed E-state index contributed by atoms with van der Waals surface area (Å²) in [6.45, 7) is 4.97. The quantitative estimate of drug-likeness (QED) is 0.461. The Labute approximate surface area is 212 Å². The summed E-state index contributed by atoms with van der Waals surface area (Å²) in [4.78, 5) is 20.3. The number of carbonyl (C=O) groups is 1. The minimum absolute atomic E-state index is 0.0971. The van der Waals surface area contributed by atoms with Crippen molar-refractivity contribution in [1.82, 2.24) is 15.2 Å². The summed E-state index contributed by atoms with van der Waals surface area (Å²) in [7, 11) is 3.22. The van der Waals surface area contributed by atoms with E-state index in [2.05, 4.69) is 10.2 Å². The average molecular weight is 492 g/mol. The van der Waals surface area contributed by atoms with Crippen molar-refractivity contribution in [2.45, 2.75) is 38.6 Å². The number of hydrogen-bond donors (Lipinski definition) is 1. The third-order valence-electron chi connectivity index (χ3n) is 6.73. The van der Waals surface area contributed by atoms with Crippen LogP contribution in [-0.4, -0.2) is 49.6 Å². The molecule has 6 nitrogen and oxygen atoms in total. The van der Waals surface area contributed by atoms with Crippen LogP contribution in [0.1, 0.15) is 51.6 Å². The molecule has 1 aliphatic heterocycles. The first kappa shape index (κ1) is 25.6. The van der Waals surface area contributed by atoms with Gasteiger partial charge in [-0.05, 0) is 86.8 Å². The van der Waals surface area contributed by atoms with Crippen molar-refractivity contribution >= 4 is 5.91 Å². The fourth-order valence-electron chi connectivity index (χ4n) is 4.79. The molecule has 1 aliphatic rings. The number of piperidine rings is 1. The third kappa shape index (κ3) is 6.40. The molecule has 0 radical (unpaired) electrons. The molecule has 1 amide bonds. The van der Waals surface area contributed by atoms with E-state index in [1.165, 1.54) is 6.07 Å². The van der Waals surface area contributed by atoms with E-state index in [-0.39, 0.29) is 17.6 Å². The van der Waals surface area contributed by atoms with Crippen molar-refractivity contribution in [1.29, 1.82) is 0 Å². The topological polar surface area (TPSA) is 63.7 Å². The normalized spacial score (nSPS) is 14.4. The number of aromatic nitrogens is 1. The lowest BCUT2D eigenvalue weighted by atomic mass is 9.89. The highest BCUT2D eigenvalue weighted by Crippen LogP contribution is 2.30. The van der Waals surface area contributed by atoms with Crippen LogP contribution in [0.5, 0.6) is 11.5 Å². The zero-order valence-corrected chi connectivity index (χ0v) is 21.2. The van der Waals surface area contributed by atoms with Gasteiger partial charge in [0.2, 0.25) is 0 Å². The highest BCUT2D eigenvalue weighted by molar-refractivity contribution is 5.95. The second-order valence-electron chi connectivity index (χ2n) is 9.26. The van der Waals surface area contributed by atoms with Crippen LogP contribution in [0.15, 0.2) is 54.6 Å². The van der Waals surface area contributed by atoms with Crippen molar-refractivity contribution in [3.8, 4) is 11.5 Å². The monoisotopic (exact) mass is 491 g/mol. The zero-order valence-electron chi connectivity index (χ0n) is 21.2. The van der Waals surface area contributed by atoms with Crippen LogP contribution >= 0.6 is 0 Å². The molecule has 1 saturated heterocycles. The number of nitrogens with one attached hydrogen (secondary N) is 1. The number of likely N-dealkylation sites (tertiary alicyclic amines) is 1. The number of hydrogen-bond acceptors (Lipinski definition) is 5. The van der Waals surface area contributed by atoms with Gasteiger partial charge in [-0.1, -0.05) is 18.2 Å². The number of halogens is 1. The molecule has 0 saturated carbocycles. The lowest BCUT2D eigenvalue weighted by Gasteiger charge is -2.32. The lowest BCUT2D eigenvalue weighted by Crippen LogP contribution is -2.34. The van der Waals surface area contributed by atoms with Gasteiger partial charge >= 0.3 is 0 Å². The number of methoxy groups -OCH3 is 2. The van der Waals surface area contributed by atoms with E-state index in [1.807, 2.05) is 43.3 Å². The summed E-state index contributed by atoms with van der Waals surface area (Å²) in [5, 5.41) is 3.06. The van der Waals surface area contributed by atoms with Gasteiger partial charge in [0.15, 0.2) is 11.5 Å². The van der Waals surface area contributed by atoms with Crippen LogP contribution < -0.4 is 14.8 Å². The molecular formula is C29H34FN3O3. The molecule has 1 fully saturated rings. The van der Waals surface area contributed by atoms with Crippen LogP contribution in [0.4, 0.5) is 4.39 Å². The maximum absolute atomic E-state index is 13.5. The molecule has 1 aromatic heterocycles. The van der Waals surface area contributed by atoms with Crippen molar-refractivity contribution in [2.75, 3.05) is 33.9 Å². The van der Waals surface area contributed by atoms with E-state index in [0.29, 0.717) is 30.0 Å². The molecule has 0 atom stereocenters. The fourth-order valence-corrected chi connectivity index (χ4v) is 4.79. The number of carbonyl (C=O) groups excluding carboxylic acids is 1. The Kier molecular flexibility index (Phi) is 8.54. The fraction of sp³-hybridized carbons (Fsp3) is 0.379. The van der Waals surface area contributed by atoms with Crippen LogP contribution in [0.2, 0.25) is 0 Å². The maximum atomic E-state index is 13.5. The van der Waals surface area contributed by atoms with Crippen molar-refractivity contribution in [3.05, 3.63) is 88.5 Å². The number of pyridine rings is 1. The third-order valence-corrected chi connectivity index (χ3v) is 6.73. The molecule has 0 unspecified atom stereocenters. The second kappa shape index (κ2) is 12.0. The predicted molar refractivity (Wildman–Crippen MR) is 138 cm³/mol. The van der Waals surface area contributed by atoms with Gasteiger partial charge in [0.1, 0.15) is 5.82 Å². The predicted octanol–water partition coefficient (Wildman–Crippen LogP) is 4.90. The molecule has 2 aromatic carbocycles. The zero-order chi connectivity index (χ0) is 25.5. The Hall–Kier alpha value is -3.45. The number of amides is 1.